The molecule has 1 fully saturated rings. The maximum Gasteiger partial charge on any atom is 0.246 e. The van der Waals surface area contributed by atoms with E-state index in [1.807, 2.05) is 0 Å². The van der Waals surface area contributed by atoms with Crippen LogP contribution >= 0.6 is 0 Å². The van der Waals surface area contributed by atoms with E-state index in [1.165, 1.54) is 11.8 Å². The summed E-state index contributed by atoms with van der Waals surface area (Å²) < 4.78 is 0. The minimum absolute atomic E-state index is 0.0625. The maximum absolute atomic E-state index is 14.3. The Morgan fingerprint density at radius 2 is 1.26 bits per heavy atom. The lowest BCUT2D eigenvalue weighted by atomic mass is 10.0. The lowest BCUT2D eigenvalue weighted by Gasteiger charge is -2.30. The highest BCUT2D eigenvalue weighted by Gasteiger charge is 2.39. The monoisotopic (exact) mass is 960 g/mol. The second-order valence-electron chi connectivity index (χ2n) is 17.0. The van der Waals surface area contributed by atoms with Crippen LogP contribution in [-0.4, -0.2) is 150 Å². The molecular weight excluding hydrogens is 891 g/mol. The van der Waals surface area contributed by atoms with Crippen LogP contribution in [0.1, 0.15) is 84.1 Å². The number of amides is 11. The number of hydrogen-bond donors (Lipinski definition) is 13. The predicted octanol–water partition coefficient (Wildman–Crippen LogP) is -5.61. The van der Waals surface area contributed by atoms with Gasteiger partial charge in [-0.1, -0.05) is 44.2 Å². The Morgan fingerprint density at radius 1 is 0.691 bits per heavy atom. The molecule has 25 heteroatoms. The van der Waals surface area contributed by atoms with Crippen molar-refractivity contribution in [3.05, 3.63) is 35.9 Å². The highest BCUT2D eigenvalue weighted by Crippen LogP contribution is 2.20. The molecule has 0 radical (unpaired) electrons. The number of nitrogens with two attached hydrogens (primary N) is 5. The second-order valence-corrected chi connectivity index (χ2v) is 17.0. The number of carbonyl (C=O) groups excluding carboxylic acids is 11. The molecule has 1 aromatic rings. The minimum atomic E-state index is -1.66. The fourth-order valence-electron chi connectivity index (χ4n) is 7.12. The highest BCUT2D eigenvalue weighted by atomic mass is 16.3. The van der Waals surface area contributed by atoms with E-state index < -0.39 is 133 Å². The van der Waals surface area contributed by atoms with Gasteiger partial charge in [0.15, 0.2) is 0 Å². The van der Waals surface area contributed by atoms with Gasteiger partial charge in [-0.25, -0.2) is 0 Å². The summed E-state index contributed by atoms with van der Waals surface area (Å²) in [5.74, 6) is -9.49. The number of hydrogen-bond acceptors (Lipinski definition) is 14. The van der Waals surface area contributed by atoms with Crippen molar-refractivity contribution in [1.29, 1.82) is 0 Å². The van der Waals surface area contributed by atoms with Crippen molar-refractivity contribution in [2.75, 3.05) is 26.2 Å². The van der Waals surface area contributed by atoms with Crippen LogP contribution < -0.4 is 65.9 Å². The summed E-state index contributed by atoms with van der Waals surface area (Å²) >= 11 is 0. The van der Waals surface area contributed by atoms with Crippen LogP contribution in [0.2, 0.25) is 0 Å². The number of carbonyl (C=O) groups is 11. The molecule has 2 rings (SSSR count). The van der Waals surface area contributed by atoms with Gasteiger partial charge in [-0.15, -0.1) is 0 Å². The van der Waals surface area contributed by atoms with Gasteiger partial charge in [0.1, 0.15) is 42.3 Å². The smallest absolute Gasteiger partial charge is 0.246 e. The molecule has 1 aliphatic rings. The molecule has 0 bridgehead atoms. The van der Waals surface area contributed by atoms with Gasteiger partial charge in [-0.2, -0.15) is 0 Å². The number of nitrogens with zero attached hydrogens (tertiary/aromatic N) is 1. The van der Waals surface area contributed by atoms with E-state index in [-0.39, 0.29) is 51.0 Å². The standard InChI is InChI=1S/C43H69N13O12/c1-23(2)18-28(53-37(62)24(3)45)39(64)54-29(20-34(47)59)40(65)55-30(19-25-10-5-4-6-11-25)43(68)56-17-9-13-32(56)42(67)49-21-35(60)50-31(22-57)41(66)52-27(14-15-33(46)58)38(63)51-26(36(48)61)12-7-8-16-44/h4-6,10-11,23-24,26-32,57H,7-9,12-22,44-45H2,1-3H3,(H2,46,58)(H2,47,59)(H2,48,61)(H,49,67)(H,50,60)(H,51,63)(H,52,66)(H,53,62)(H,54,64)(H,55,65). The second kappa shape index (κ2) is 29.1. The van der Waals surface area contributed by atoms with E-state index in [2.05, 4.69) is 37.2 Å². The Morgan fingerprint density at radius 3 is 1.84 bits per heavy atom. The molecule has 1 heterocycles. The van der Waals surface area contributed by atoms with Gasteiger partial charge in [0.2, 0.25) is 65.0 Å². The van der Waals surface area contributed by atoms with Gasteiger partial charge >= 0.3 is 0 Å². The Kier molecular flexibility index (Phi) is 24.6. The summed E-state index contributed by atoms with van der Waals surface area (Å²) in [6, 6.07) is -1.88. The molecule has 0 spiro atoms. The summed E-state index contributed by atoms with van der Waals surface area (Å²) in [4.78, 5) is 144. The fourth-order valence-corrected chi connectivity index (χ4v) is 7.12. The summed E-state index contributed by atoms with van der Waals surface area (Å²) in [6.45, 7) is 3.72. The van der Waals surface area contributed by atoms with Crippen molar-refractivity contribution in [3.8, 4) is 0 Å². The van der Waals surface area contributed by atoms with Gasteiger partial charge in [0.05, 0.1) is 25.6 Å². The van der Waals surface area contributed by atoms with Crippen molar-refractivity contribution in [3.63, 3.8) is 0 Å². The van der Waals surface area contributed by atoms with Crippen LogP contribution in [0, 0.1) is 5.92 Å². The van der Waals surface area contributed by atoms with E-state index >= 15 is 0 Å². The van der Waals surface area contributed by atoms with E-state index in [1.54, 1.807) is 44.2 Å². The summed E-state index contributed by atoms with van der Waals surface area (Å²) in [5.41, 5.74) is 27.9. The Hall–Kier alpha value is -6.73. The Balaban J connectivity index is 2.22. The van der Waals surface area contributed by atoms with Crippen molar-refractivity contribution in [2.24, 2.45) is 34.6 Å². The molecule has 8 unspecified atom stereocenters. The largest absolute Gasteiger partial charge is 0.394 e. The van der Waals surface area contributed by atoms with Gasteiger partial charge in [-0.3, -0.25) is 52.7 Å². The highest BCUT2D eigenvalue weighted by molar-refractivity contribution is 5.99. The average molecular weight is 960 g/mol. The molecule has 25 nitrogen and oxygen atoms in total. The zero-order chi connectivity index (χ0) is 51.1. The molecule has 1 aromatic carbocycles. The SMILES string of the molecule is CC(C)CC(NC(=O)C(C)N)C(=O)NC(CC(N)=O)C(=O)NC(Cc1ccccc1)C(=O)N1CCCC1C(=O)NCC(=O)NC(CO)C(=O)NC(CCC(N)=O)C(=O)NC(CCCCN)C(N)=O. The molecule has 1 saturated heterocycles. The molecule has 11 amide bonds. The lowest BCUT2D eigenvalue weighted by molar-refractivity contribution is -0.142. The van der Waals surface area contributed by atoms with Gasteiger partial charge in [0, 0.05) is 19.4 Å². The molecule has 18 N–H and O–H groups in total. The van der Waals surface area contributed by atoms with Crippen molar-refractivity contribution < 1.29 is 57.8 Å². The third-order valence-electron chi connectivity index (χ3n) is 10.7. The van der Waals surface area contributed by atoms with Crippen LogP contribution in [0.5, 0.6) is 0 Å². The molecule has 378 valence electrons. The molecule has 0 aliphatic carbocycles. The number of likely N-dealkylation sites (tertiary alicyclic amines) is 1. The maximum atomic E-state index is 14.3. The average Bonchev–Trinajstić information content (AvgIpc) is 3.77. The fraction of sp³-hybridized carbons (Fsp3) is 0.605. The Labute approximate surface area is 394 Å². The first kappa shape index (κ1) is 57.4. The predicted molar refractivity (Wildman–Crippen MR) is 244 cm³/mol. The number of unbranched alkanes of at least 4 members (excludes halogenated alkanes) is 1. The molecule has 0 saturated carbocycles. The van der Waals surface area contributed by atoms with E-state index in [0.717, 1.165) is 0 Å². The summed E-state index contributed by atoms with van der Waals surface area (Å²) in [7, 11) is 0. The first-order valence-corrected chi connectivity index (χ1v) is 22.4. The number of nitrogens with one attached hydrogen (secondary N) is 7. The first-order chi connectivity index (χ1) is 32.1. The van der Waals surface area contributed by atoms with Crippen LogP contribution in [0.25, 0.3) is 0 Å². The Bertz CT molecular complexity index is 1940. The van der Waals surface area contributed by atoms with Crippen molar-refractivity contribution in [1.82, 2.24) is 42.1 Å². The van der Waals surface area contributed by atoms with E-state index in [0.29, 0.717) is 31.4 Å². The van der Waals surface area contributed by atoms with Gasteiger partial charge in [0.25, 0.3) is 0 Å². The molecular formula is C43H69N13O12. The number of benzene rings is 1. The lowest BCUT2D eigenvalue weighted by Crippen LogP contribution is -2.60. The van der Waals surface area contributed by atoms with Crippen LogP contribution in [0.3, 0.4) is 0 Å². The zero-order valence-electron chi connectivity index (χ0n) is 38.8. The molecule has 1 aliphatic heterocycles. The van der Waals surface area contributed by atoms with E-state index in [9.17, 15) is 57.8 Å². The third kappa shape index (κ3) is 20.0. The number of aliphatic hydroxyl groups is 1. The van der Waals surface area contributed by atoms with E-state index in [4.69, 9.17) is 28.7 Å². The third-order valence-corrected chi connectivity index (χ3v) is 10.7. The van der Waals surface area contributed by atoms with Crippen LogP contribution in [0.4, 0.5) is 0 Å². The minimum Gasteiger partial charge on any atom is -0.394 e. The number of rotatable bonds is 30. The van der Waals surface area contributed by atoms with Crippen LogP contribution in [0.15, 0.2) is 30.3 Å². The van der Waals surface area contributed by atoms with Crippen molar-refractivity contribution >= 4 is 65.0 Å². The summed E-state index contributed by atoms with van der Waals surface area (Å²) in [5, 5.41) is 27.0. The van der Waals surface area contributed by atoms with Gasteiger partial charge in [-0.05, 0) is 69.9 Å². The summed E-state index contributed by atoms with van der Waals surface area (Å²) in [6.07, 6.45) is 0.341. The molecule has 8 atom stereocenters. The topological polar surface area (TPSA) is 426 Å². The normalized spacial score (nSPS) is 16.3. The molecule has 0 aromatic heterocycles. The number of primary amides is 3. The molecule has 68 heavy (non-hydrogen) atoms. The van der Waals surface area contributed by atoms with Crippen LogP contribution in [-0.2, 0) is 59.2 Å². The van der Waals surface area contributed by atoms with Gasteiger partial charge < -0.3 is 75.9 Å². The zero-order valence-corrected chi connectivity index (χ0v) is 38.8. The first-order valence-electron chi connectivity index (χ1n) is 22.4. The quantitative estimate of drug-likeness (QED) is 0.0320. The van der Waals surface area contributed by atoms with Crippen molar-refractivity contribution in [2.45, 2.75) is 133 Å². The number of aliphatic hydroxyl groups excluding tert-OH is 1.